The molecule has 0 aliphatic heterocycles. The van der Waals surface area contributed by atoms with Gasteiger partial charge in [-0.15, -0.1) is 0 Å². The molecule has 0 heterocycles. The van der Waals surface area contributed by atoms with Crippen LogP contribution in [0, 0.1) is 10.1 Å². The summed E-state index contributed by atoms with van der Waals surface area (Å²) in [5.74, 6) is -0.184. The Balaban J connectivity index is 2.79. The van der Waals surface area contributed by atoms with Crippen molar-refractivity contribution in [1.82, 2.24) is 0 Å². The Hall–Kier alpha value is -1.96. The van der Waals surface area contributed by atoms with Gasteiger partial charge in [0.2, 0.25) is 5.91 Å². The molecule has 1 aromatic carbocycles. The lowest BCUT2D eigenvalue weighted by molar-refractivity contribution is -0.384. The molecule has 8 heteroatoms. The molecule has 0 radical (unpaired) electrons. The molecule has 0 fully saturated rings. The molecule has 0 aliphatic carbocycles. The van der Waals surface area contributed by atoms with Crippen molar-refractivity contribution in [2.24, 2.45) is 5.73 Å². The standard InChI is InChI=1S/C11H15N3O4S/c1-19(18)6-2-5-13-9-4-3-8(11(12)15)7-10(9)14(16)17/h3-4,7,13H,2,5-6H2,1H3,(H2,12,15). The lowest BCUT2D eigenvalue weighted by Crippen LogP contribution is -2.12. The lowest BCUT2D eigenvalue weighted by Gasteiger charge is -2.07. The first-order valence-corrected chi connectivity index (χ1v) is 7.26. The highest BCUT2D eigenvalue weighted by atomic mass is 32.2. The number of hydrogen-bond acceptors (Lipinski definition) is 5. The highest BCUT2D eigenvalue weighted by molar-refractivity contribution is 7.84. The molecule has 19 heavy (non-hydrogen) atoms. The summed E-state index contributed by atoms with van der Waals surface area (Å²) in [6.07, 6.45) is 2.24. The van der Waals surface area contributed by atoms with Crippen LogP contribution in [0.25, 0.3) is 0 Å². The molecule has 0 saturated carbocycles. The third-order valence-corrected chi connectivity index (χ3v) is 3.27. The molecule has 1 unspecified atom stereocenters. The number of amides is 1. The van der Waals surface area contributed by atoms with Crippen LogP contribution in [0.1, 0.15) is 16.8 Å². The fourth-order valence-corrected chi connectivity index (χ4v) is 2.03. The minimum atomic E-state index is -0.882. The van der Waals surface area contributed by atoms with Gasteiger partial charge in [0.15, 0.2) is 0 Å². The molecule has 104 valence electrons. The lowest BCUT2D eigenvalue weighted by atomic mass is 10.1. The van der Waals surface area contributed by atoms with Crippen LogP contribution in [0.3, 0.4) is 0 Å². The SMILES string of the molecule is CS(=O)CCCNc1ccc(C(N)=O)cc1[N+](=O)[O-]. The van der Waals surface area contributed by atoms with Crippen LogP contribution < -0.4 is 11.1 Å². The summed E-state index contributed by atoms with van der Waals surface area (Å²) < 4.78 is 10.9. The Morgan fingerprint density at radius 2 is 2.21 bits per heavy atom. The average molecular weight is 285 g/mol. The van der Waals surface area contributed by atoms with Gasteiger partial charge in [-0.1, -0.05) is 0 Å². The number of hydrogen-bond donors (Lipinski definition) is 2. The number of nitro groups is 1. The van der Waals surface area contributed by atoms with E-state index in [2.05, 4.69) is 5.32 Å². The predicted octanol–water partition coefficient (Wildman–Crippen LogP) is 0.874. The van der Waals surface area contributed by atoms with E-state index in [1.807, 2.05) is 0 Å². The maximum Gasteiger partial charge on any atom is 0.293 e. The highest BCUT2D eigenvalue weighted by Gasteiger charge is 2.16. The molecular formula is C11H15N3O4S. The van der Waals surface area contributed by atoms with E-state index in [4.69, 9.17) is 5.73 Å². The second-order valence-corrected chi connectivity index (χ2v) is 5.47. The van der Waals surface area contributed by atoms with E-state index in [1.54, 1.807) is 6.26 Å². The molecule has 0 aromatic heterocycles. The van der Waals surface area contributed by atoms with E-state index >= 15 is 0 Å². The summed E-state index contributed by atoms with van der Waals surface area (Å²) in [5, 5.41) is 13.8. The van der Waals surface area contributed by atoms with Crippen LogP contribution in [0.15, 0.2) is 18.2 Å². The zero-order valence-electron chi connectivity index (χ0n) is 10.4. The second-order valence-electron chi connectivity index (χ2n) is 3.91. The zero-order valence-corrected chi connectivity index (χ0v) is 11.2. The fraction of sp³-hybridized carbons (Fsp3) is 0.364. The van der Waals surface area contributed by atoms with Crippen LogP contribution in [0.2, 0.25) is 0 Å². The molecule has 0 spiro atoms. The summed E-state index contributed by atoms with van der Waals surface area (Å²) >= 11 is 0. The molecule has 0 bridgehead atoms. The molecule has 3 N–H and O–H groups in total. The average Bonchev–Trinajstić information content (AvgIpc) is 2.34. The fourth-order valence-electron chi connectivity index (χ4n) is 1.48. The Morgan fingerprint density at radius 1 is 1.53 bits per heavy atom. The number of nitrogens with zero attached hydrogens (tertiary/aromatic N) is 1. The van der Waals surface area contributed by atoms with Crippen molar-refractivity contribution < 1.29 is 13.9 Å². The zero-order chi connectivity index (χ0) is 14.4. The van der Waals surface area contributed by atoms with Gasteiger partial charge in [0.1, 0.15) is 5.69 Å². The first-order chi connectivity index (χ1) is 8.91. The number of benzene rings is 1. The van der Waals surface area contributed by atoms with E-state index in [0.29, 0.717) is 24.4 Å². The molecule has 7 nitrogen and oxygen atoms in total. The maximum absolute atomic E-state index is 11.0. The molecule has 1 rings (SSSR count). The van der Waals surface area contributed by atoms with Crippen molar-refractivity contribution in [3.8, 4) is 0 Å². The van der Waals surface area contributed by atoms with Gasteiger partial charge in [-0.05, 0) is 18.6 Å². The van der Waals surface area contributed by atoms with Gasteiger partial charge in [-0.25, -0.2) is 0 Å². The Labute approximate surface area is 112 Å². The summed E-state index contributed by atoms with van der Waals surface area (Å²) in [7, 11) is -0.882. The predicted molar refractivity (Wildman–Crippen MR) is 73.7 cm³/mol. The Bertz CT molecular complexity index is 519. The number of carbonyl (C=O) groups is 1. The maximum atomic E-state index is 11.0. The van der Waals surface area contributed by atoms with Gasteiger partial charge >= 0.3 is 0 Å². The monoisotopic (exact) mass is 285 g/mol. The number of nitro benzene ring substituents is 1. The van der Waals surface area contributed by atoms with Gasteiger partial charge in [0.25, 0.3) is 5.69 Å². The third-order valence-electron chi connectivity index (χ3n) is 2.40. The quantitative estimate of drug-likeness (QED) is 0.438. The number of primary amides is 1. The van der Waals surface area contributed by atoms with Crippen LogP contribution in [0.4, 0.5) is 11.4 Å². The third kappa shape index (κ3) is 4.66. The molecule has 1 aromatic rings. The van der Waals surface area contributed by atoms with Crippen molar-refractivity contribution in [2.75, 3.05) is 23.9 Å². The van der Waals surface area contributed by atoms with Crippen molar-refractivity contribution >= 4 is 28.1 Å². The van der Waals surface area contributed by atoms with E-state index < -0.39 is 21.6 Å². The van der Waals surface area contributed by atoms with Gasteiger partial charge in [0, 0.05) is 41.0 Å². The minimum absolute atomic E-state index is 0.0897. The first-order valence-electron chi connectivity index (χ1n) is 5.54. The minimum Gasteiger partial charge on any atom is -0.379 e. The number of rotatable bonds is 7. The number of nitrogens with one attached hydrogen (secondary N) is 1. The van der Waals surface area contributed by atoms with E-state index in [-0.39, 0.29) is 11.3 Å². The first kappa shape index (κ1) is 15.1. The highest BCUT2D eigenvalue weighted by Crippen LogP contribution is 2.25. The van der Waals surface area contributed by atoms with Crippen molar-refractivity contribution in [3.63, 3.8) is 0 Å². The summed E-state index contributed by atoms with van der Waals surface area (Å²) in [4.78, 5) is 21.3. The second kappa shape index (κ2) is 6.83. The largest absolute Gasteiger partial charge is 0.379 e. The summed E-state index contributed by atoms with van der Waals surface area (Å²) in [6, 6.07) is 4.01. The molecule has 0 aliphatic rings. The van der Waals surface area contributed by atoms with Gasteiger partial charge in [-0.2, -0.15) is 0 Å². The molecular weight excluding hydrogens is 270 g/mol. The van der Waals surface area contributed by atoms with Crippen LogP contribution in [0.5, 0.6) is 0 Å². The summed E-state index contributed by atoms with van der Waals surface area (Å²) in [6.45, 7) is 0.469. The van der Waals surface area contributed by atoms with Crippen LogP contribution in [-0.2, 0) is 10.8 Å². The van der Waals surface area contributed by atoms with Crippen molar-refractivity contribution in [2.45, 2.75) is 6.42 Å². The van der Waals surface area contributed by atoms with Crippen molar-refractivity contribution in [3.05, 3.63) is 33.9 Å². The van der Waals surface area contributed by atoms with E-state index in [9.17, 15) is 19.1 Å². The van der Waals surface area contributed by atoms with E-state index in [1.165, 1.54) is 12.1 Å². The van der Waals surface area contributed by atoms with Crippen LogP contribution in [-0.4, -0.2) is 33.6 Å². The van der Waals surface area contributed by atoms with Gasteiger partial charge in [-0.3, -0.25) is 19.1 Å². The summed E-state index contributed by atoms with van der Waals surface area (Å²) in [5.41, 5.74) is 5.28. The van der Waals surface area contributed by atoms with Gasteiger partial charge < -0.3 is 11.1 Å². The number of nitrogens with two attached hydrogens (primary N) is 1. The normalized spacial score (nSPS) is 11.8. The van der Waals surface area contributed by atoms with Crippen LogP contribution >= 0.6 is 0 Å². The Morgan fingerprint density at radius 3 is 2.74 bits per heavy atom. The van der Waals surface area contributed by atoms with E-state index in [0.717, 1.165) is 6.07 Å². The number of carbonyl (C=O) groups excluding carboxylic acids is 1. The number of anilines is 1. The van der Waals surface area contributed by atoms with Gasteiger partial charge in [0.05, 0.1) is 4.92 Å². The van der Waals surface area contributed by atoms with Crippen molar-refractivity contribution in [1.29, 1.82) is 0 Å². The molecule has 0 saturated heterocycles. The molecule has 1 atom stereocenters. The topological polar surface area (TPSA) is 115 Å². The smallest absolute Gasteiger partial charge is 0.293 e. The Kier molecular flexibility index (Phi) is 5.43. The molecule has 1 amide bonds.